The summed E-state index contributed by atoms with van der Waals surface area (Å²) >= 11 is 1.54. The van der Waals surface area contributed by atoms with Crippen LogP contribution in [0.2, 0.25) is 0 Å². The van der Waals surface area contributed by atoms with Crippen molar-refractivity contribution in [2.24, 2.45) is 5.73 Å². The number of aromatic amines is 1. The number of hydrogen-bond acceptors (Lipinski definition) is 4. The number of aromatic nitrogens is 3. The molecule has 0 saturated carbocycles. The maximum atomic E-state index is 5.51. The minimum atomic E-state index is 0.659. The van der Waals surface area contributed by atoms with E-state index < -0.39 is 0 Å². The van der Waals surface area contributed by atoms with Gasteiger partial charge in [-0.3, -0.25) is 0 Å². The zero-order chi connectivity index (χ0) is 11.4. The van der Waals surface area contributed by atoms with Gasteiger partial charge in [-0.1, -0.05) is 6.07 Å². The molecule has 2 rings (SSSR count). The first-order chi connectivity index (χ1) is 7.79. The molecule has 0 aliphatic heterocycles. The van der Waals surface area contributed by atoms with E-state index in [0.29, 0.717) is 6.54 Å². The molecule has 2 aromatic heterocycles. The third kappa shape index (κ3) is 2.62. The van der Waals surface area contributed by atoms with Crippen LogP contribution in [-0.4, -0.2) is 21.5 Å². The number of aryl methyl sites for hydroxylation is 1. The highest BCUT2D eigenvalue weighted by Gasteiger charge is 2.05. The first kappa shape index (κ1) is 11.2. The fourth-order valence-electron chi connectivity index (χ4n) is 1.43. The second-order valence-electron chi connectivity index (χ2n) is 3.50. The number of imidazole rings is 1. The Balaban J connectivity index is 2.16. The molecule has 0 spiro atoms. The number of nitrogens with two attached hydrogens (primary N) is 1. The summed E-state index contributed by atoms with van der Waals surface area (Å²) in [4.78, 5) is 11.6. The predicted octanol–water partition coefficient (Wildman–Crippen LogP) is 1.77. The van der Waals surface area contributed by atoms with Gasteiger partial charge in [0, 0.05) is 18.6 Å². The molecule has 3 N–H and O–H groups in total. The summed E-state index contributed by atoms with van der Waals surface area (Å²) in [5.41, 5.74) is 7.85. The smallest absolute Gasteiger partial charge is 0.171 e. The van der Waals surface area contributed by atoms with Crippen molar-refractivity contribution in [3.8, 4) is 0 Å². The summed E-state index contributed by atoms with van der Waals surface area (Å²) < 4.78 is 0. The highest BCUT2D eigenvalue weighted by atomic mass is 32.2. The molecule has 4 nitrogen and oxygen atoms in total. The average molecular weight is 234 g/mol. The molecule has 0 radical (unpaired) electrons. The van der Waals surface area contributed by atoms with Crippen LogP contribution < -0.4 is 5.73 Å². The topological polar surface area (TPSA) is 67.6 Å². The summed E-state index contributed by atoms with van der Waals surface area (Å²) in [7, 11) is 0. The molecule has 0 amide bonds. The third-order valence-electron chi connectivity index (χ3n) is 2.19. The lowest BCUT2D eigenvalue weighted by atomic mass is 10.2. The molecule has 16 heavy (non-hydrogen) atoms. The van der Waals surface area contributed by atoms with E-state index in [2.05, 4.69) is 27.9 Å². The maximum absolute atomic E-state index is 5.51. The quantitative estimate of drug-likeness (QED) is 0.846. The van der Waals surface area contributed by atoms with Crippen LogP contribution in [0.25, 0.3) is 0 Å². The molecule has 0 aliphatic rings. The van der Waals surface area contributed by atoms with Crippen LogP contribution in [0.4, 0.5) is 0 Å². The molecule has 0 bridgehead atoms. The first-order valence-corrected chi connectivity index (χ1v) is 5.94. The predicted molar refractivity (Wildman–Crippen MR) is 64.4 cm³/mol. The lowest BCUT2D eigenvalue weighted by Crippen LogP contribution is -2.03. The van der Waals surface area contributed by atoms with E-state index >= 15 is 0 Å². The van der Waals surface area contributed by atoms with Gasteiger partial charge in [-0.2, -0.15) is 0 Å². The Hall–Kier alpha value is -1.33. The Bertz CT molecular complexity index is 453. The summed E-state index contributed by atoms with van der Waals surface area (Å²) in [5, 5.41) is 1.85. The molecule has 5 heteroatoms. The summed E-state index contributed by atoms with van der Waals surface area (Å²) in [6.07, 6.45) is 6.30. The molecule has 0 atom stereocenters. The molecule has 0 aromatic carbocycles. The molecular weight excluding hydrogens is 220 g/mol. The van der Waals surface area contributed by atoms with Crippen molar-refractivity contribution >= 4 is 11.8 Å². The number of nitrogens with zero attached hydrogens (tertiary/aromatic N) is 2. The van der Waals surface area contributed by atoms with Gasteiger partial charge in [-0.05, 0) is 42.8 Å². The Kier molecular flexibility index (Phi) is 3.58. The number of rotatable bonds is 4. The first-order valence-electron chi connectivity index (χ1n) is 5.12. The molecule has 0 saturated heterocycles. The van der Waals surface area contributed by atoms with Crippen molar-refractivity contribution in [1.82, 2.24) is 15.0 Å². The summed E-state index contributed by atoms with van der Waals surface area (Å²) in [5.74, 6) is 0. The van der Waals surface area contributed by atoms with Gasteiger partial charge in [0.1, 0.15) is 5.03 Å². The highest BCUT2D eigenvalue weighted by molar-refractivity contribution is 7.99. The molecule has 0 unspecified atom stereocenters. The SMILES string of the molecule is Cc1cc(CCN)cnc1Sc1ncc[nH]1. The van der Waals surface area contributed by atoms with E-state index in [-0.39, 0.29) is 0 Å². The van der Waals surface area contributed by atoms with Crippen LogP contribution in [0.3, 0.4) is 0 Å². The second-order valence-corrected chi connectivity index (χ2v) is 4.48. The molecule has 0 fully saturated rings. The van der Waals surface area contributed by atoms with E-state index in [1.807, 2.05) is 6.20 Å². The fraction of sp³-hybridized carbons (Fsp3) is 0.273. The standard InChI is InChI=1S/C11H14N4S/c1-8-6-9(2-3-12)7-15-10(8)16-11-13-4-5-14-11/h4-7H,2-3,12H2,1H3,(H,13,14). The van der Waals surface area contributed by atoms with Gasteiger partial charge in [0.2, 0.25) is 0 Å². The van der Waals surface area contributed by atoms with Crippen LogP contribution in [-0.2, 0) is 6.42 Å². The van der Waals surface area contributed by atoms with Crippen molar-refractivity contribution < 1.29 is 0 Å². The Morgan fingerprint density at radius 1 is 1.44 bits per heavy atom. The van der Waals surface area contributed by atoms with Crippen LogP contribution in [0.1, 0.15) is 11.1 Å². The van der Waals surface area contributed by atoms with E-state index in [1.54, 1.807) is 12.4 Å². The molecule has 2 aromatic rings. The highest BCUT2D eigenvalue weighted by Crippen LogP contribution is 2.25. The zero-order valence-corrected chi connectivity index (χ0v) is 9.92. The molecular formula is C11H14N4S. The summed E-state index contributed by atoms with van der Waals surface area (Å²) in [6, 6.07) is 2.13. The van der Waals surface area contributed by atoms with Crippen LogP contribution in [0.5, 0.6) is 0 Å². The monoisotopic (exact) mass is 234 g/mol. The zero-order valence-electron chi connectivity index (χ0n) is 9.10. The van der Waals surface area contributed by atoms with Crippen molar-refractivity contribution in [2.75, 3.05) is 6.54 Å². The molecule has 2 heterocycles. The van der Waals surface area contributed by atoms with Crippen molar-refractivity contribution in [2.45, 2.75) is 23.5 Å². The van der Waals surface area contributed by atoms with Gasteiger partial charge < -0.3 is 10.7 Å². The number of hydrogen-bond donors (Lipinski definition) is 2. The summed E-state index contributed by atoms with van der Waals surface area (Å²) in [6.45, 7) is 2.71. The largest absolute Gasteiger partial charge is 0.339 e. The van der Waals surface area contributed by atoms with Crippen LogP contribution in [0.15, 0.2) is 34.8 Å². The maximum Gasteiger partial charge on any atom is 0.171 e. The minimum Gasteiger partial charge on any atom is -0.339 e. The van der Waals surface area contributed by atoms with Gasteiger partial charge in [0.25, 0.3) is 0 Å². The van der Waals surface area contributed by atoms with Gasteiger partial charge in [-0.25, -0.2) is 9.97 Å². The molecule has 84 valence electrons. The Morgan fingerprint density at radius 3 is 2.94 bits per heavy atom. The number of pyridine rings is 1. The van der Waals surface area contributed by atoms with E-state index in [4.69, 9.17) is 5.73 Å². The number of H-pyrrole nitrogens is 1. The van der Waals surface area contributed by atoms with Gasteiger partial charge in [0.15, 0.2) is 5.16 Å². The van der Waals surface area contributed by atoms with Gasteiger partial charge >= 0.3 is 0 Å². The van der Waals surface area contributed by atoms with Crippen LogP contribution in [0, 0.1) is 6.92 Å². The van der Waals surface area contributed by atoms with Crippen LogP contribution >= 0.6 is 11.8 Å². The van der Waals surface area contributed by atoms with E-state index in [0.717, 1.165) is 22.2 Å². The van der Waals surface area contributed by atoms with Crippen molar-refractivity contribution in [3.05, 3.63) is 35.8 Å². The fourth-order valence-corrected chi connectivity index (χ4v) is 2.18. The second kappa shape index (κ2) is 5.14. The number of nitrogens with one attached hydrogen (secondary N) is 1. The van der Waals surface area contributed by atoms with Gasteiger partial charge in [0.05, 0.1) is 0 Å². The normalized spacial score (nSPS) is 10.6. The van der Waals surface area contributed by atoms with Crippen molar-refractivity contribution in [1.29, 1.82) is 0 Å². The van der Waals surface area contributed by atoms with Gasteiger partial charge in [-0.15, -0.1) is 0 Å². The Labute approximate surface area is 98.7 Å². The lowest BCUT2D eigenvalue weighted by Gasteiger charge is -2.05. The molecule has 0 aliphatic carbocycles. The minimum absolute atomic E-state index is 0.659. The van der Waals surface area contributed by atoms with Crippen molar-refractivity contribution in [3.63, 3.8) is 0 Å². The van der Waals surface area contributed by atoms with E-state index in [9.17, 15) is 0 Å². The van der Waals surface area contributed by atoms with E-state index in [1.165, 1.54) is 17.3 Å². The lowest BCUT2D eigenvalue weighted by molar-refractivity contribution is 0.933. The Morgan fingerprint density at radius 2 is 2.31 bits per heavy atom. The third-order valence-corrected chi connectivity index (χ3v) is 3.22. The average Bonchev–Trinajstić information content (AvgIpc) is 2.75.